The fourth-order valence-electron chi connectivity index (χ4n) is 2.63. The molecule has 0 saturated carbocycles. The molecule has 142 valence electrons. The van der Waals surface area contributed by atoms with Gasteiger partial charge in [0.25, 0.3) is 0 Å². The first kappa shape index (κ1) is 19.1. The van der Waals surface area contributed by atoms with Gasteiger partial charge in [-0.15, -0.1) is 11.3 Å². The summed E-state index contributed by atoms with van der Waals surface area (Å²) < 4.78 is 15.4. The molecular weight excluding hydrogens is 365 g/mol. The van der Waals surface area contributed by atoms with Crippen LogP contribution in [-0.2, 0) is 13.1 Å². The van der Waals surface area contributed by atoms with Crippen molar-refractivity contribution in [3.63, 3.8) is 0 Å². The highest BCUT2D eigenvalue weighted by Crippen LogP contribution is 2.29. The number of nitrogens with zero attached hydrogens (tertiary/aromatic N) is 4. The minimum atomic E-state index is -0.284. The predicted molar refractivity (Wildman–Crippen MR) is 108 cm³/mol. The zero-order valence-corrected chi connectivity index (χ0v) is 16.1. The molecule has 2 N–H and O–H groups in total. The van der Waals surface area contributed by atoms with E-state index in [0.717, 1.165) is 21.0 Å². The van der Waals surface area contributed by atoms with Crippen LogP contribution in [0.5, 0.6) is 0 Å². The van der Waals surface area contributed by atoms with Crippen molar-refractivity contribution in [3.8, 4) is 10.4 Å². The SMILES string of the molecule is CN(C)c1ccc(-c2ccc(Cn3cnn(C/C(=C/F)CN)c3=O)s2)cc1. The average Bonchev–Trinajstić information content (AvgIpc) is 3.28. The highest BCUT2D eigenvalue weighted by Gasteiger charge is 2.09. The van der Waals surface area contributed by atoms with Crippen molar-refractivity contribution in [1.29, 1.82) is 0 Å². The zero-order valence-electron chi connectivity index (χ0n) is 15.3. The Labute approximate surface area is 161 Å². The van der Waals surface area contributed by atoms with E-state index in [-0.39, 0.29) is 18.8 Å². The second kappa shape index (κ2) is 8.32. The summed E-state index contributed by atoms with van der Waals surface area (Å²) in [5.41, 5.74) is 7.76. The van der Waals surface area contributed by atoms with Crippen LogP contribution in [0, 0.1) is 0 Å². The lowest BCUT2D eigenvalue weighted by atomic mass is 10.1. The molecule has 0 aliphatic heterocycles. The number of benzene rings is 1. The van der Waals surface area contributed by atoms with Gasteiger partial charge < -0.3 is 10.6 Å². The van der Waals surface area contributed by atoms with Gasteiger partial charge in [-0.2, -0.15) is 5.10 Å². The Morgan fingerprint density at radius 3 is 2.63 bits per heavy atom. The lowest BCUT2D eigenvalue weighted by Crippen LogP contribution is -2.26. The topological polar surface area (TPSA) is 69.1 Å². The molecule has 2 aromatic heterocycles. The van der Waals surface area contributed by atoms with E-state index in [2.05, 4.69) is 40.3 Å². The van der Waals surface area contributed by atoms with Gasteiger partial charge >= 0.3 is 5.69 Å². The van der Waals surface area contributed by atoms with Gasteiger partial charge in [0.2, 0.25) is 0 Å². The third-order valence-electron chi connectivity index (χ3n) is 4.22. The number of halogens is 1. The molecule has 0 aliphatic carbocycles. The van der Waals surface area contributed by atoms with Crippen molar-refractivity contribution < 1.29 is 4.39 Å². The third kappa shape index (κ3) is 4.35. The molecule has 3 aromatic rings. The molecule has 6 nitrogen and oxygen atoms in total. The monoisotopic (exact) mass is 387 g/mol. The summed E-state index contributed by atoms with van der Waals surface area (Å²) in [6.07, 6.45) is 1.90. The van der Waals surface area contributed by atoms with Crippen molar-refractivity contribution >= 4 is 17.0 Å². The second-order valence-electron chi connectivity index (χ2n) is 6.38. The van der Waals surface area contributed by atoms with E-state index in [1.54, 1.807) is 11.3 Å². The van der Waals surface area contributed by atoms with Gasteiger partial charge in [-0.25, -0.2) is 13.9 Å². The maximum Gasteiger partial charge on any atom is 0.346 e. The van der Waals surface area contributed by atoms with E-state index in [1.807, 2.05) is 20.2 Å². The summed E-state index contributed by atoms with van der Waals surface area (Å²) in [6.45, 7) is 0.542. The smallest absolute Gasteiger partial charge is 0.346 e. The summed E-state index contributed by atoms with van der Waals surface area (Å²) in [7, 11) is 4.02. The molecule has 0 atom stereocenters. The quantitative estimate of drug-likeness (QED) is 0.677. The Balaban J connectivity index is 1.74. The molecule has 1 aromatic carbocycles. The van der Waals surface area contributed by atoms with Crippen LogP contribution in [0.3, 0.4) is 0 Å². The van der Waals surface area contributed by atoms with Gasteiger partial charge in [0.05, 0.1) is 19.4 Å². The summed E-state index contributed by atoms with van der Waals surface area (Å²) in [5.74, 6) is 0. The van der Waals surface area contributed by atoms with E-state index < -0.39 is 0 Å². The summed E-state index contributed by atoms with van der Waals surface area (Å²) >= 11 is 1.63. The van der Waals surface area contributed by atoms with Gasteiger partial charge in [0, 0.05) is 36.1 Å². The largest absolute Gasteiger partial charge is 0.378 e. The third-order valence-corrected chi connectivity index (χ3v) is 5.34. The Morgan fingerprint density at radius 2 is 2.00 bits per heavy atom. The van der Waals surface area contributed by atoms with E-state index in [9.17, 15) is 9.18 Å². The Bertz CT molecular complexity index is 984. The molecular formula is C19H22FN5OS. The number of hydrogen-bond donors (Lipinski definition) is 1. The Kier molecular flexibility index (Phi) is 5.88. The summed E-state index contributed by atoms with van der Waals surface area (Å²) in [6, 6.07) is 12.4. The minimum absolute atomic E-state index is 0.0523. The molecule has 0 fully saturated rings. The molecule has 0 unspecified atom stereocenters. The maximum absolute atomic E-state index is 12.7. The molecule has 0 aliphatic rings. The van der Waals surface area contributed by atoms with Crippen LogP contribution in [-0.4, -0.2) is 35.0 Å². The van der Waals surface area contributed by atoms with E-state index in [0.29, 0.717) is 18.4 Å². The van der Waals surface area contributed by atoms with E-state index >= 15 is 0 Å². The van der Waals surface area contributed by atoms with E-state index in [4.69, 9.17) is 5.73 Å². The standard InChI is InChI=1S/C19H22FN5OS/c1-23(2)16-5-3-15(4-6-16)18-8-7-17(27-18)12-24-13-22-25(19(24)26)11-14(9-20)10-21/h3-9,13H,10-12,21H2,1-2H3/b14-9+. The molecule has 8 heteroatoms. The summed E-state index contributed by atoms with van der Waals surface area (Å²) in [4.78, 5) is 16.6. The van der Waals surface area contributed by atoms with Gasteiger partial charge in [0.1, 0.15) is 6.33 Å². The van der Waals surface area contributed by atoms with Gasteiger partial charge in [0.15, 0.2) is 0 Å². The summed E-state index contributed by atoms with van der Waals surface area (Å²) in [5, 5.41) is 4.04. The number of thiophene rings is 1. The number of hydrogen-bond acceptors (Lipinski definition) is 5. The lowest BCUT2D eigenvalue weighted by molar-refractivity contribution is 0.604. The predicted octanol–water partition coefficient (Wildman–Crippen LogP) is 2.70. The molecule has 0 spiro atoms. The molecule has 0 bridgehead atoms. The first-order valence-electron chi connectivity index (χ1n) is 8.48. The van der Waals surface area contributed by atoms with Crippen molar-refractivity contribution in [2.24, 2.45) is 5.73 Å². The van der Waals surface area contributed by atoms with Crippen LogP contribution in [0.4, 0.5) is 10.1 Å². The molecule has 0 amide bonds. The number of nitrogens with two attached hydrogens (primary N) is 1. The highest BCUT2D eigenvalue weighted by atomic mass is 32.1. The first-order chi connectivity index (χ1) is 13.0. The zero-order chi connectivity index (χ0) is 19.4. The van der Waals surface area contributed by atoms with Crippen molar-refractivity contribution in [1.82, 2.24) is 14.3 Å². The van der Waals surface area contributed by atoms with Crippen LogP contribution in [0.25, 0.3) is 10.4 Å². The fraction of sp³-hybridized carbons (Fsp3) is 0.263. The molecule has 27 heavy (non-hydrogen) atoms. The normalized spacial score (nSPS) is 11.8. The van der Waals surface area contributed by atoms with Crippen LogP contribution >= 0.6 is 11.3 Å². The number of anilines is 1. The van der Waals surface area contributed by atoms with Crippen LogP contribution in [0.1, 0.15) is 4.88 Å². The first-order valence-corrected chi connectivity index (χ1v) is 9.30. The van der Waals surface area contributed by atoms with Crippen molar-refractivity contribution in [3.05, 3.63) is 70.0 Å². The van der Waals surface area contributed by atoms with Crippen molar-refractivity contribution in [2.75, 3.05) is 25.5 Å². The van der Waals surface area contributed by atoms with Crippen LogP contribution in [0.15, 0.2) is 59.4 Å². The van der Waals surface area contributed by atoms with Gasteiger partial charge in [-0.3, -0.25) is 4.57 Å². The molecule has 0 saturated heterocycles. The van der Waals surface area contributed by atoms with Crippen molar-refractivity contribution in [2.45, 2.75) is 13.1 Å². The molecule has 3 rings (SSSR count). The Morgan fingerprint density at radius 1 is 1.26 bits per heavy atom. The second-order valence-corrected chi connectivity index (χ2v) is 7.55. The lowest BCUT2D eigenvalue weighted by Gasteiger charge is -2.12. The van der Waals surface area contributed by atoms with Gasteiger partial charge in [-0.05, 0) is 35.4 Å². The minimum Gasteiger partial charge on any atom is -0.378 e. The Hall–Kier alpha value is -2.71. The average molecular weight is 387 g/mol. The molecule has 0 radical (unpaired) electrons. The number of aromatic nitrogens is 3. The van der Waals surface area contributed by atoms with Gasteiger partial charge in [-0.1, -0.05) is 12.1 Å². The number of rotatable bonds is 7. The maximum atomic E-state index is 12.7. The van der Waals surface area contributed by atoms with Crippen LogP contribution in [0.2, 0.25) is 0 Å². The molecule has 2 heterocycles. The van der Waals surface area contributed by atoms with E-state index in [1.165, 1.54) is 15.6 Å². The van der Waals surface area contributed by atoms with Crippen LogP contribution < -0.4 is 16.3 Å². The highest BCUT2D eigenvalue weighted by molar-refractivity contribution is 7.15. The fourth-order valence-corrected chi connectivity index (χ4v) is 3.65.